The Kier molecular flexibility index (Phi) is 3.50. The van der Waals surface area contributed by atoms with Crippen molar-refractivity contribution in [2.45, 2.75) is 19.4 Å². The summed E-state index contributed by atoms with van der Waals surface area (Å²) in [5.74, 6) is -1.08. The van der Waals surface area contributed by atoms with E-state index >= 15 is 0 Å². The molecule has 5 heteroatoms. The molecule has 1 saturated heterocycles. The van der Waals surface area contributed by atoms with Crippen LogP contribution in [0.25, 0.3) is 0 Å². The summed E-state index contributed by atoms with van der Waals surface area (Å²) in [5.41, 5.74) is 0.854. The zero-order valence-electron chi connectivity index (χ0n) is 9.36. The first-order valence-corrected chi connectivity index (χ1v) is 6.21. The van der Waals surface area contributed by atoms with Crippen molar-refractivity contribution in [3.05, 3.63) is 28.2 Å². The molecule has 2 rings (SSSR count). The number of benzene rings is 1. The second kappa shape index (κ2) is 4.75. The third-order valence-electron chi connectivity index (χ3n) is 3.29. The topological polar surface area (TPSA) is 40.5 Å². The molecule has 17 heavy (non-hydrogen) atoms. The van der Waals surface area contributed by atoms with E-state index in [9.17, 15) is 4.79 Å². The minimum absolute atomic E-state index is 0.0498. The molecule has 1 fully saturated rings. The number of rotatable bonds is 2. The van der Waals surface area contributed by atoms with Crippen LogP contribution in [0.4, 0.5) is 5.69 Å². The maximum Gasteiger partial charge on any atom is 0.308 e. The van der Waals surface area contributed by atoms with Gasteiger partial charge in [0.05, 0.1) is 16.6 Å². The van der Waals surface area contributed by atoms with E-state index in [0.717, 1.165) is 5.69 Å². The van der Waals surface area contributed by atoms with Crippen LogP contribution in [-0.4, -0.2) is 23.7 Å². The Balaban J connectivity index is 2.27. The largest absolute Gasteiger partial charge is 0.481 e. The lowest BCUT2D eigenvalue weighted by Crippen LogP contribution is -2.33. The summed E-state index contributed by atoms with van der Waals surface area (Å²) in [6.07, 6.45) is 0.648. The third kappa shape index (κ3) is 2.35. The van der Waals surface area contributed by atoms with Crippen LogP contribution in [0.3, 0.4) is 0 Å². The molecule has 1 aliphatic heterocycles. The van der Waals surface area contributed by atoms with Gasteiger partial charge in [-0.3, -0.25) is 4.79 Å². The molecule has 0 radical (unpaired) electrons. The van der Waals surface area contributed by atoms with E-state index in [4.69, 9.17) is 28.3 Å². The van der Waals surface area contributed by atoms with E-state index < -0.39 is 5.97 Å². The van der Waals surface area contributed by atoms with Crippen LogP contribution in [0.15, 0.2) is 18.2 Å². The first-order valence-electron chi connectivity index (χ1n) is 5.45. The zero-order chi connectivity index (χ0) is 12.6. The summed E-state index contributed by atoms with van der Waals surface area (Å²) in [6.45, 7) is 2.62. The number of anilines is 1. The van der Waals surface area contributed by atoms with Gasteiger partial charge < -0.3 is 10.0 Å². The molecular weight excluding hydrogens is 261 g/mol. The second-order valence-corrected chi connectivity index (χ2v) is 5.11. The van der Waals surface area contributed by atoms with E-state index in [0.29, 0.717) is 23.0 Å². The molecule has 0 aromatic heterocycles. The SMILES string of the molecule is CC1C(C(=O)O)CCN1c1ccc(Cl)cc1Cl. The molecular formula is C12H13Cl2NO2. The molecule has 2 unspecified atom stereocenters. The summed E-state index contributed by atoms with van der Waals surface area (Å²) < 4.78 is 0. The molecule has 3 nitrogen and oxygen atoms in total. The number of hydrogen-bond donors (Lipinski definition) is 1. The Morgan fingerprint density at radius 1 is 1.47 bits per heavy atom. The van der Waals surface area contributed by atoms with Crippen molar-refractivity contribution in [2.24, 2.45) is 5.92 Å². The van der Waals surface area contributed by atoms with Gasteiger partial charge in [0.1, 0.15) is 0 Å². The zero-order valence-corrected chi connectivity index (χ0v) is 10.9. The number of aliphatic carboxylic acids is 1. The first-order chi connectivity index (χ1) is 8.00. The van der Waals surface area contributed by atoms with Gasteiger partial charge in [-0.25, -0.2) is 0 Å². The standard InChI is InChI=1S/C12H13Cl2NO2/c1-7-9(12(16)17)4-5-15(7)11-3-2-8(13)6-10(11)14/h2-3,6-7,9H,4-5H2,1H3,(H,16,17). The van der Waals surface area contributed by atoms with E-state index in [2.05, 4.69) is 0 Å². The molecule has 0 amide bonds. The predicted molar refractivity (Wildman–Crippen MR) is 69.0 cm³/mol. The van der Waals surface area contributed by atoms with Crippen molar-refractivity contribution in [2.75, 3.05) is 11.4 Å². The number of carboxylic acids is 1. The van der Waals surface area contributed by atoms with Crippen LogP contribution < -0.4 is 4.90 Å². The average molecular weight is 274 g/mol. The van der Waals surface area contributed by atoms with E-state index in [1.165, 1.54) is 0 Å². The molecule has 0 spiro atoms. The van der Waals surface area contributed by atoms with Gasteiger partial charge in [0.15, 0.2) is 0 Å². The molecule has 1 aromatic rings. The van der Waals surface area contributed by atoms with E-state index in [1.807, 2.05) is 17.9 Å². The number of carbonyl (C=O) groups is 1. The third-order valence-corrected chi connectivity index (χ3v) is 3.83. The van der Waals surface area contributed by atoms with Gasteiger partial charge in [0.25, 0.3) is 0 Å². The highest BCUT2D eigenvalue weighted by atomic mass is 35.5. The van der Waals surface area contributed by atoms with Crippen molar-refractivity contribution in [3.8, 4) is 0 Å². The average Bonchev–Trinajstić information content (AvgIpc) is 2.60. The van der Waals surface area contributed by atoms with Gasteiger partial charge in [-0.15, -0.1) is 0 Å². The van der Waals surface area contributed by atoms with Crippen LogP contribution >= 0.6 is 23.2 Å². The molecule has 1 N–H and O–H groups in total. The lowest BCUT2D eigenvalue weighted by Gasteiger charge is -2.26. The van der Waals surface area contributed by atoms with Crippen molar-refractivity contribution in [3.63, 3.8) is 0 Å². The highest BCUT2D eigenvalue weighted by molar-refractivity contribution is 6.36. The Morgan fingerprint density at radius 3 is 2.71 bits per heavy atom. The molecule has 1 aliphatic rings. The smallest absolute Gasteiger partial charge is 0.308 e. The maximum atomic E-state index is 11.0. The minimum Gasteiger partial charge on any atom is -0.481 e. The van der Waals surface area contributed by atoms with Gasteiger partial charge in [-0.05, 0) is 31.5 Å². The van der Waals surface area contributed by atoms with Crippen molar-refractivity contribution >= 4 is 34.9 Å². The lowest BCUT2D eigenvalue weighted by molar-refractivity contribution is -0.141. The fourth-order valence-corrected chi connectivity index (χ4v) is 2.84. The monoisotopic (exact) mass is 273 g/mol. The molecule has 92 valence electrons. The molecule has 0 bridgehead atoms. The number of hydrogen-bond acceptors (Lipinski definition) is 2. The Morgan fingerprint density at radius 2 is 2.18 bits per heavy atom. The molecule has 1 heterocycles. The van der Waals surface area contributed by atoms with Crippen LogP contribution in [-0.2, 0) is 4.79 Å². The van der Waals surface area contributed by atoms with Gasteiger partial charge in [0.2, 0.25) is 0 Å². The summed E-state index contributed by atoms with van der Waals surface area (Å²) in [4.78, 5) is 13.1. The fourth-order valence-electron chi connectivity index (χ4n) is 2.32. The van der Waals surface area contributed by atoms with Crippen LogP contribution in [0.1, 0.15) is 13.3 Å². The normalized spacial score (nSPS) is 24.1. The Hall–Kier alpha value is -0.930. The predicted octanol–water partition coefficient (Wildman–Crippen LogP) is 3.29. The molecule has 1 aromatic carbocycles. The second-order valence-electron chi connectivity index (χ2n) is 4.26. The summed E-state index contributed by atoms with van der Waals surface area (Å²) in [5, 5.41) is 10.2. The maximum absolute atomic E-state index is 11.0. The van der Waals surface area contributed by atoms with Gasteiger partial charge in [-0.2, -0.15) is 0 Å². The van der Waals surface area contributed by atoms with Crippen LogP contribution in [0, 0.1) is 5.92 Å². The minimum atomic E-state index is -0.745. The molecule has 0 aliphatic carbocycles. The Bertz CT molecular complexity index is 450. The van der Waals surface area contributed by atoms with Crippen LogP contribution in [0.5, 0.6) is 0 Å². The highest BCUT2D eigenvalue weighted by Crippen LogP contribution is 2.35. The van der Waals surface area contributed by atoms with Crippen molar-refractivity contribution in [1.82, 2.24) is 0 Å². The van der Waals surface area contributed by atoms with Crippen molar-refractivity contribution < 1.29 is 9.90 Å². The number of halogens is 2. The summed E-state index contributed by atoms with van der Waals surface area (Å²) >= 11 is 12.0. The van der Waals surface area contributed by atoms with Gasteiger partial charge in [0, 0.05) is 17.6 Å². The number of carboxylic acid groups (broad SMARTS) is 1. The van der Waals surface area contributed by atoms with Crippen molar-refractivity contribution in [1.29, 1.82) is 0 Å². The summed E-state index contributed by atoms with van der Waals surface area (Å²) in [6, 6.07) is 5.24. The first kappa shape index (κ1) is 12.5. The Labute approximate surface area is 110 Å². The van der Waals surface area contributed by atoms with Gasteiger partial charge >= 0.3 is 5.97 Å². The van der Waals surface area contributed by atoms with Gasteiger partial charge in [-0.1, -0.05) is 23.2 Å². The number of nitrogens with zero attached hydrogens (tertiary/aromatic N) is 1. The van der Waals surface area contributed by atoms with E-state index in [1.54, 1.807) is 12.1 Å². The lowest BCUT2D eigenvalue weighted by atomic mass is 10.0. The fraction of sp³-hybridized carbons (Fsp3) is 0.417. The van der Waals surface area contributed by atoms with E-state index in [-0.39, 0.29) is 12.0 Å². The summed E-state index contributed by atoms with van der Waals surface area (Å²) in [7, 11) is 0. The molecule has 0 saturated carbocycles. The molecule has 2 atom stereocenters. The van der Waals surface area contributed by atoms with Crippen LogP contribution in [0.2, 0.25) is 10.0 Å². The highest BCUT2D eigenvalue weighted by Gasteiger charge is 2.36. The quantitative estimate of drug-likeness (QED) is 0.899.